The fraction of sp³-hybridized carbons (Fsp3) is 0.0667. The number of carboxylic acids is 1. The maximum atomic E-state index is 12.5. The number of nitrogens with one attached hydrogen (secondary N) is 1. The number of carbonyl (C=O) groups is 1. The zero-order valence-electron chi connectivity index (χ0n) is 11.1. The molecule has 0 aliphatic rings. The highest BCUT2D eigenvalue weighted by Gasteiger charge is 2.30. The highest BCUT2D eigenvalue weighted by molar-refractivity contribution is 5.89. The number of alkyl halides is 3. The van der Waals surface area contributed by atoms with E-state index in [1.165, 1.54) is 30.5 Å². The molecule has 2 aromatic carbocycles. The highest BCUT2D eigenvalue weighted by Crippen LogP contribution is 2.30. The summed E-state index contributed by atoms with van der Waals surface area (Å²) in [5.74, 6) is -1.04. The third kappa shape index (κ3) is 4.08. The summed E-state index contributed by atoms with van der Waals surface area (Å²) in [6, 6.07) is 10.6. The molecule has 2 rings (SSSR count). The van der Waals surface area contributed by atoms with E-state index in [1.54, 1.807) is 12.1 Å². The van der Waals surface area contributed by atoms with Crippen molar-refractivity contribution in [2.45, 2.75) is 6.18 Å². The van der Waals surface area contributed by atoms with Crippen LogP contribution >= 0.6 is 0 Å². The largest absolute Gasteiger partial charge is 0.478 e. The van der Waals surface area contributed by atoms with Gasteiger partial charge in [0.2, 0.25) is 0 Å². The number of carboxylic acid groups (broad SMARTS) is 1. The summed E-state index contributed by atoms with van der Waals surface area (Å²) in [6.07, 6.45) is -3.03. The van der Waals surface area contributed by atoms with E-state index >= 15 is 0 Å². The minimum absolute atomic E-state index is 0.142. The van der Waals surface area contributed by atoms with E-state index < -0.39 is 17.7 Å². The molecule has 22 heavy (non-hydrogen) atoms. The van der Waals surface area contributed by atoms with Gasteiger partial charge in [-0.3, -0.25) is 5.43 Å². The Bertz CT molecular complexity index is 695. The summed E-state index contributed by atoms with van der Waals surface area (Å²) in [6.45, 7) is 0. The van der Waals surface area contributed by atoms with Crippen molar-refractivity contribution in [3.05, 3.63) is 65.2 Å². The maximum absolute atomic E-state index is 12.5. The number of hydrogen-bond acceptors (Lipinski definition) is 3. The molecule has 7 heteroatoms. The van der Waals surface area contributed by atoms with Crippen molar-refractivity contribution in [3.8, 4) is 0 Å². The first-order valence-electron chi connectivity index (χ1n) is 6.16. The second-order valence-corrected chi connectivity index (χ2v) is 4.38. The van der Waals surface area contributed by atoms with E-state index in [2.05, 4.69) is 10.5 Å². The van der Waals surface area contributed by atoms with Crippen LogP contribution in [0.4, 0.5) is 18.9 Å². The predicted octanol–water partition coefficient (Wildman–Crippen LogP) is 3.85. The van der Waals surface area contributed by atoms with Crippen molar-refractivity contribution in [1.82, 2.24) is 0 Å². The highest BCUT2D eigenvalue weighted by atomic mass is 19.4. The van der Waals surface area contributed by atoms with Gasteiger partial charge in [-0.25, -0.2) is 4.79 Å². The predicted molar refractivity (Wildman–Crippen MR) is 76.1 cm³/mol. The van der Waals surface area contributed by atoms with Crippen molar-refractivity contribution in [3.63, 3.8) is 0 Å². The molecule has 0 fully saturated rings. The molecule has 114 valence electrons. The number of aromatic carboxylic acids is 1. The van der Waals surface area contributed by atoms with Crippen molar-refractivity contribution >= 4 is 17.9 Å². The second-order valence-electron chi connectivity index (χ2n) is 4.38. The molecular weight excluding hydrogens is 297 g/mol. The summed E-state index contributed by atoms with van der Waals surface area (Å²) in [5, 5.41) is 12.6. The van der Waals surface area contributed by atoms with Crippen molar-refractivity contribution in [1.29, 1.82) is 0 Å². The summed E-state index contributed by atoms with van der Waals surface area (Å²) in [7, 11) is 0. The molecule has 0 unspecified atom stereocenters. The lowest BCUT2D eigenvalue weighted by atomic mass is 10.1. The average molecular weight is 308 g/mol. The van der Waals surface area contributed by atoms with Crippen LogP contribution in [-0.4, -0.2) is 17.3 Å². The molecule has 0 amide bonds. The summed E-state index contributed by atoms with van der Waals surface area (Å²) < 4.78 is 37.6. The smallest absolute Gasteiger partial charge is 0.416 e. The number of benzene rings is 2. The van der Waals surface area contributed by atoms with Gasteiger partial charge in [0.05, 0.1) is 23.0 Å². The van der Waals surface area contributed by atoms with E-state index in [-0.39, 0.29) is 11.3 Å². The van der Waals surface area contributed by atoms with Crippen molar-refractivity contribution < 1.29 is 23.1 Å². The Kier molecular flexibility index (Phi) is 4.45. The maximum Gasteiger partial charge on any atom is 0.416 e. The standard InChI is InChI=1S/C15H11F3N2O2/c16-15(17,18)12-2-1-3-13(8-12)20-19-9-10-4-6-11(7-5-10)14(21)22/h1-9,20H,(H,21,22). The Balaban J connectivity index is 2.05. The lowest BCUT2D eigenvalue weighted by Gasteiger charge is -2.08. The first kappa shape index (κ1) is 15.6. The van der Waals surface area contributed by atoms with Gasteiger partial charge in [0.15, 0.2) is 0 Å². The van der Waals surface area contributed by atoms with Crippen molar-refractivity contribution in [2.75, 3.05) is 5.43 Å². The number of rotatable bonds is 4. The zero-order valence-corrected chi connectivity index (χ0v) is 11.1. The van der Waals surface area contributed by atoms with Crippen LogP contribution in [0.5, 0.6) is 0 Å². The SMILES string of the molecule is O=C(O)c1ccc(C=NNc2cccc(C(F)(F)F)c2)cc1. The Morgan fingerprint density at radius 2 is 1.82 bits per heavy atom. The Labute approximate surface area is 123 Å². The van der Waals surface area contributed by atoms with Gasteiger partial charge in [-0.1, -0.05) is 18.2 Å². The molecule has 2 N–H and O–H groups in total. The number of halogens is 3. The Hall–Kier alpha value is -2.83. The molecule has 0 spiro atoms. The minimum Gasteiger partial charge on any atom is -0.478 e. The van der Waals surface area contributed by atoms with Crippen molar-refractivity contribution in [2.24, 2.45) is 5.10 Å². The van der Waals surface area contributed by atoms with E-state index in [4.69, 9.17) is 5.11 Å². The normalized spacial score (nSPS) is 11.6. The molecular formula is C15H11F3N2O2. The third-order valence-electron chi connectivity index (χ3n) is 2.75. The Morgan fingerprint density at radius 1 is 1.14 bits per heavy atom. The summed E-state index contributed by atoms with van der Waals surface area (Å²) in [5.41, 5.74) is 2.69. The monoisotopic (exact) mass is 308 g/mol. The molecule has 0 saturated carbocycles. The third-order valence-corrected chi connectivity index (χ3v) is 2.75. The van der Waals surface area contributed by atoms with Gasteiger partial charge in [-0.2, -0.15) is 18.3 Å². The second kappa shape index (κ2) is 6.30. The van der Waals surface area contributed by atoms with Crippen LogP contribution in [0, 0.1) is 0 Å². The van der Waals surface area contributed by atoms with Crippen LogP contribution in [0.2, 0.25) is 0 Å². The molecule has 4 nitrogen and oxygen atoms in total. The molecule has 0 saturated heterocycles. The van der Waals surface area contributed by atoms with Gasteiger partial charge in [0.1, 0.15) is 0 Å². The molecule has 0 bridgehead atoms. The van der Waals surface area contributed by atoms with Gasteiger partial charge < -0.3 is 5.11 Å². The first-order valence-corrected chi connectivity index (χ1v) is 6.16. The lowest BCUT2D eigenvalue weighted by Crippen LogP contribution is -2.05. The van der Waals surface area contributed by atoms with E-state index in [0.29, 0.717) is 5.56 Å². The van der Waals surface area contributed by atoms with Gasteiger partial charge in [0, 0.05) is 0 Å². The van der Waals surface area contributed by atoms with Crippen LogP contribution < -0.4 is 5.43 Å². The molecule has 2 aromatic rings. The topological polar surface area (TPSA) is 61.7 Å². The molecule has 0 aromatic heterocycles. The quantitative estimate of drug-likeness (QED) is 0.666. The average Bonchev–Trinajstić information content (AvgIpc) is 2.47. The van der Waals surface area contributed by atoms with Gasteiger partial charge in [0.25, 0.3) is 0 Å². The van der Waals surface area contributed by atoms with Gasteiger partial charge >= 0.3 is 12.1 Å². The number of anilines is 1. The zero-order chi connectivity index (χ0) is 16.2. The number of hydrazone groups is 1. The van der Waals surface area contributed by atoms with Gasteiger partial charge in [-0.15, -0.1) is 0 Å². The fourth-order valence-electron chi connectivity index (χ4n) is 1.66. The van der Waals surface area contributed by atoms with Crippen LogP contribution in [-0.2, 0) is 6.18 Å². The minimum atomic E-state index is -4.41. The molecule has 0 atom stereocenters. The van der Waals surface area contributed by atoms with Crippen LogP contribution in [0.15, 0.2) is 53.6 Å². The number of hydrogen-bond donors (Lipinski definition) is 2. The van der Waals surface area contributed by atoms with Crippen LogP contribution in [0.3, 0.4) is 0 Å². The van der Waals surface area contributed by atoms with Crippen LogP contribution in [0.1, 0.15) is 21.5 Å². The molecule has 0 aliphatic carbocycles. The fourth-order valence-corrected chi connectivity index (χ4v) is 1.66. The molecule has 0 radical (unpaired) electrons. The summed E-state index contributed by atoms with van der Waals surface area (Å²) in [4.78, 5) is 10.7. The van der Waals surface area contributed by atoms with E-state index in [1.807, 2.05) is 0 Å². The van der Waals surface area contributed by atoms with Gasteiger partial charge in [-0.05, 0) is 35.9 Å². The first-order chi connectivity index (χ1) is 10.4. The number of nitrogens with zero attached hydrogens (tertiary/aromatic N) is 1. The molecule has 0 heterocycles. The van der Waals surface area contributed by atoms with E-state index in [9.17, 15) is 18.0 Å². The Morgan fingerprint density at radius 3 is 2.41 bits per heavy atom. The summed E-state index contributed by atoms with van der Waals surface area (Å²) >= 11 is 0. The van der Waals surface area contributed by atoms with E-state index in [0.717, 1.165) is 12.1 Å². The van der Waals surface area contributed by atoms with Crippen LogP contribution in [0.25, 0.3) is 0 Å². The molecule has 0 aliphatic heterocycles. The lowest BCUT2D eigenvalue weighted by molar-refractivity contribution is -0.137.